The fourth-order valence-corrected chi connectivity index (χ4v) is 2.79. The second-order valence-corrected chi connectivity index (χ2v) is 6.70. The Hall–Kier alpha value is -2.15. The second kappa shape index (κ2) is 8.80. The number of H-pyrrole nitrogens is 1. The Labute approximate surface area is 153 Å². The first-order valence-electron chi connectivity index (χ1n) is 8.60. The van der Waals surface area contributed by atoms with E-state index in [1.165, 1.54) is 0 Å². The van der Waals surface area contributed by atoms with E-state index in [0.717, 1.165) is 30.0 Å². The van der Waals surface area contributed by atoms with Gasteiger partial charge in [-0.3, -0.25) is 14.5 Å². The van der Waals surface area contributed by atoms with Gasteiger partial charge in [0.05, 0.1) is 12.1 Å². The van der Waals surface area contributed by atoms with Crippen LogP contribution >= 0.6 is 12.2 Å². The highest BCUT2D eigenvalue weighted by atomic mass is 32.1. The zero-order valence-electron chi connectivity index (χ0n) is 15.2. The van der Waals surface area contributed by atoms with Gasteiger partial charge in [-0.2, -0.15) is 5.10 Å². The summed E-state index contributed by atoms with van der Waals surface area (Å²) in [7, 11) is 0. The molecule has 0 aliphatic rings. The van der Waals surface area contributed by atoms with Gasteiger partial charge in [0.1, 0.15) is 18.1 Å². The third kappa shape index (κ3) is 5.42. The topological polar surface area (TPSA) is 71.9 Å². The van der Waals surface area contributed by atoms with Gasteiger partial charge < -0.3 is 10.1 Å². The molecule has 0 bridgehead atoms. The van der Waals surface area contributed by atoms with Gasteiger partial charge in [-0.1, -0.05) is 19.1 Å². The number of aromatic amines is 1. The highest BCUT2D eigenvalue weighted by Gasteiger charge is 2.14. The number of hydrogen-bond acceptors (Lipinski definition) is 4. The van der Waals surface area contributed by atoms with E-state index in [9.17, 15) is 4.79 Å². The van der Waals surface area contributed by atoms with Crippen LogP contribution in [0.3, 0.4) is 0 Å². The van der Waals surface area contributed by atoms with Crippen molar-refractivity contribution in [2.75, 3.05) is 0 Å². The minimum absolute atomic E-state index is 0.0995. The number of rotatable bonds is 8. The number of aryl methyl sites for hydroxylation is 1. The molecule has 0 radical (unpaired) electrons. The third-order valence-electron chi connectivity index (χ3n) is 3.72. The number of carbonyl (C=O) groups excluding carboxylic acids is 1. The van der Waals surface area contributed by atoms with Crippen molar-refractivity contribution in [3.05, 3.63) is 40.4 Å². The third-order valence-corrected chi connectivity index (χ3v) is 4.03. The lowest BCUT2D eigenvalue weighted by atomic mass is 10.1. The molecule has 0 saturated carbocycles. The maximum absolute atomic E-state index is 12.4. The van der Waals surface area contributed by atoms with E-state index in [-0.39, 0.29) is 24.6 Å². The summed E-state index contributed by atoms with van der Waals surface area (Å²) < 4.78 is 7.93. The number of carbonyl (C=O) groups is 1. The lowest BCUT2D eigenvalue weighted by Crippen LogP contribution is -2.30. The average molecular weight is 362 g/mol. The van der Waals surface area contributed by atoms with Crippen molar-refractivity contribution in [2.45, 2.75) is 59.2 Å². The standard InChI is InChI=1S/C18H26N4O2S/c1-5-7-16-20-21-18(25)22(16)11-17(23)19-13(4)14-8-6-9-15(10-14)24-12(2)3/h6,8-10,12-13H,5,7,11H2,1-4H3,(H,19,23)(H,21,25). The average Bonchev–Trinajstić information content (AvgIpc) is 2.88. The van der Waals surface area contributed by atoms with Crippen molar-refractivity contribution >= 4 is 18.1 Å². The van der Waals surface area contributed by atoms with Gasteiger partial charge in [0, 0.05) is 6.42 Å². The molecule has 0 aliphatic carbocycles. The van der Waals surface area contributed by atoms with Crippen LogP contribution in [0.5, 0.6) is 5.75 Å². The van der Waals surface area contributed by atoms with Crippen LogP contribution in [0.4, 0.5) is 0 Å². The summed E-state index contributed by atoms with van der Waals surface area (Å²) >= 11 is 5.22. The highest BCUT2D eigenvalue weighted by Crippen LogP contribution is 2.20. The maximum atomic E-state index is 12.4. The summed E-state index contributed by atoms with van der Waals surface area (Å²) in [4.78, 5) is 12.4. The molecule has 0 fully saturated rings. The monoisotopic (exact) mass is 362 g/mol. The van der Waals surface area contributed by atoms with E-state index in [0.29, 0.717) is 4.77 Å². The van der Waals surface area contributed by atoms with Crippen molar-refractivity contribution in [3.63, 3.8) is 0 Å². The number of amides is 1. The molecular formula is C18H26N4O2S. The summed E-state index contributed by atoms with van der Waals surface area (Å²) in [5.41, 5.74) is 0.996. The SMILES string of the molecule is CCCc1n[nH]c(=S)n1CC(=O)NC(C)c1cccc(OC(C)C)c1. The van der Waals surface area contributed by atoms with E-state index in [2.05, 4.69) is 22.4 Å². The van der Waals surface area contributed by atoms with Crippen LogP contribution < -0.4 is 10.1 Å². The van der Waals surface area contributed by atoms with Gasteiger partial charge in [0.15, 0.2) is 4.77 Å². The lowest BCUT2D eigenvalue weighted by molar-refractivity contribution is -0.122. The minimum atomic E-state index is -0.126. The Bertz CT molecular complexity index is 766. The van der Waals surface area contributed by atoms with E-state index < -0.39 is 0 Å². The summed E-state index contributed by atoms with van der Waals surface area (Å²) in [5, 5.41) is 9.95. The van der Waals surface area contributed by atoms with Gasteiger partial charge in [0.2, 0.25) is 5.91 Å². The molecule has 0 spiro atoms. The summed E-state index contributed by atoms with van der Waals surface area (Å²) in [6.45, 7) is 8.15. The van der Waals surface area contributed by atoms with Gasteiger partial charge >= 0.3 is 0 Å². The second-order valence-electron chi connectivity index (χ2n) is 6.31. The van der Waals surface area contributed by atoms with Crippen LogP contribution in [0.25, 0.3) is 0 Å². The van der Waals surface area contributed by atoms with E-state index >= 15 is 0 Å². The Kier molecular flexibility index (Phi) is 6.75. The van der Waals surface area contributed by atoms with Crippen LogP contribution in [0, 0.1) is 4.77 Å². The molecule has 6 nitrogen and oxygen atoms in total. The van der Waals surface area contributed by atoms with Gasteiger partial charge in [-0.15, -0.1) is 0 Å². The minimum Gasteiger partial charge on any atom is -0.491 e. The van der Waals surface area contributed by atoms with Crippen LogP contribution in [0.1, 0.15) is 51.5 Å². The molecule has 0 saturated heterocycles. The normalized spacial score (nSPS) is 12.2. The first-order valence-corrected chi connectivity index (χ1v) is 9.01. The molecule has 1 unspecified atom stereocenters. The summed E-state index contributed by atoms with van der Waals surface area (Å²) in [6, 6.07) is 7.65. The summed E-state index contributed by atoms with van der Waals surface area (Å²) in [5.74, 6) is 1.51. The highest BCUT2D eigenvalue weighted by molar-refractivity contribution is 7.71. The van der Waals surface area contributed by atoms with Crippen LogP contribution in [-0.4, -0.2) is 26.8 Å². The number of nitrogens with one attached hydrogen (secondary N) is 2. The fraction of sp³-hybridized carbons (Fsp3) is 0.500. The zero-order chi connectivity index (χ0) is 18.4. The first-order chi connectivity index (χ1) is 11.9. The van der Waals surface area contributed by atoms with Gasteiger partial charge in [-0.05, 0) is 57.1 Å². The number of nitrogens with zero attached hydrogens (tertiary/aromatic N) is 2. The number of benzene rings is 1. The van der Waals surface area contributed by atoms with Gasteiger partial charge in [-0.25, -0.2) is 0 Å². The first kappa shape index (κ1) is 19.2. The Balaban J connectivity index is 2.03. The molecule has 2 rings (SSSR count). The number of hydrogen-bond donors (Lipinski definition) is 2. The fourth-order valence-electron chi connectivity index (χ4n) is 2.57. The molecule has 1 amide bonds. The lowest BCUT2D eigenvalue weighted by Gasteiger charge is -2.17. The number of aromatic nitrogens is 3. The molecule has 25 heavy (non-hydrogen) atoms. The van der Waals surface area contributed by atoms with Crippen molar-refractivity contribution < 1.29 is 9.53 Å². The van der Waals surface area contributed by atoms with Crippen LogP contribution in [0.2, 0.25) is 0 Å². The van der Waals surface area contributed by atoms with E-state index in [4.69, 9.17) is 17.0 Å². The molecule has 136 valence electrons. The molecule has 2 N–H and O–H groups in total. The smallest absolute Gasteiger partial charge is 0.240 e. The molecule has 0 aliphatic heterocycles. The zero-order valence-corrected chi connectivity index (χ0v) is 16.0. The van der Waals surface area contributed by atoms with Crippen molar-refractivity contribution in [2.24, 2.45) is 0 Å². The van der Waals surface area contributed by atoms with Gasteiger partial charge in [0.25, 0.3) is 0 Å². The Morgan fingerprint density at radius 3 is 2.84 bits per heavy atom. The molecule has 1 atom stereocenters. The molecule has 1 aromatic heterocycles. The predicted octanol–water partition coefficient (Wildman–Crippen LogP) is 3.56. The Morgan fingerprint density at radius 2 is 2.16 bits per heavy atom. The molecule has 1 aromatic carbocycles. The Morgan fingerprint density at radius 1 is 1.40 bits per heavy atom. The molecular weight excluding hydrogens is 336 g/mol. The van der Waals surface area contributed by atoms with E-state index in [1.807, 2.05) is 45.0 Å². The molecule has 1 heterocycles. The van der Waals surface area contributed by atoms with Crippen molar-refractivity contribution in [1.29, 1.82) is 0 Å². The quantitative estimate of drug-likeness (QED) is 0.704. The van der Waals surface area contributed by atoms with Crippen molar-refractivity contribution in [3.8, 4) is 5.75 Å². The van der Waals surface area contributed by atoms with Crippen LogP contribution in [-0.2, 0) is 17.8 Å². The summed E-state index contributed by atoms with van der Waals surface area (Å²) in [6.07, 6.45) is 1.84. The maximum Gasteiger partial charge on any atom is 0.240 e. The van der Waals surface area contributed by atoms with E-state index in [1.54, 1.807) is 4.57 Å². The predicted molar refractivity (Wildman–Crippen MR) is 100 cm³/mol. The molecule has 7 heteroatoms. The van der Waals surface area contributed by atoms with Crippen molar-refractivity contribution in [1.82, 2.24) is 20.1 Å². The van der Waals surface area contributed by atoms with Crippen LogP contribution in [0.15, 0.2) is 24.3 Å². The largest absolute Gasteiger partial charge is 0.491 e. The number of ether oxygens (including phenoxy) is 1. The molecule has 2 aromatic rings.